The molecule has 0 radical (unpaired) electrons. The van der Waals surface area contributed by atoms with Gasteiger partial charge >= 0.3 is 0 Å². The van der Waals surface area contributed by atoms with Crippen LogP contribution in [0.25, 0.3) is 11.0 Å². The lowest BCUT2D eigenvalue weighted by Gasteiger charge is -2.05. The van der Waals surface area contributed by atoms with Gasteiger partial charge in [0, 0.05) is 24.4 Å². The topological polar surface area (TPSA) is 57.8 Å². The Bertz CT molecular complexity index is 780. The van der Waals surface area contributed by atoms with Gasteiger partial charge in [-0.15, -0.1) is 0 Å². The van der Waals surface area contributed by atoms with Crippen LogP contribution in [-0.2, 0) is 17.6 Å². The summed E-state index contributed by atoms with van der Waals surface area (Å²) in [5, 5.41) is 3.63. The molecule has 0 atom stereocenters. The summed E-state index contributed by atoms with van der Waals surface area (Å²) in [5.41, 5.74) is 2.97. The summed E-state index contributed by atoms with van der Waals surface area (Å²) < 4.78 is 0. The lowest BCUT2D eigenvalue weighted by atomic mass is 10.1. The number of nitrogens with one attached hydrogen (secondary N) is 2. The average molecular weight is 328 g/mol. The number of aromatic amines is 1. The van der Waals surface area contributed by atoms with Gasteiger partial charge in [-0.05, 0) is 30.2 Å². The highest BCUT2D eigenvalue weighted by atomic mass is 35.5. The van der Waals surface area contributed by atoms with Gasteiger partial charge in [0.1, 0.15) is 5.82 Å². The van der Waals surface area contributed by atoms with Crippen LogP contribution < -0.4 is 5.32 Å². The van der Waals surface area contributed by atoms with Crippen molar-refractivity contribution in [2.45, 2.75) is 19.3 Å². The average Bonchev–Trinajstić information content (AvgIpc) is 2.97. The third-order valence-electron chi connectivity index (χ3n) is 3.70. The number of nitrogens with zero attached hydrogens (tertiary/aromatic N) is 1. The number of benzene rings is 2. The predicted molar refractivity (Wildman–Crippen MR) is 92.6 cm³/mol. The molecule has 0 saturated carbocycles. The maximum absolute atomic E-state index is 11.9. The van der Waals surface area contributed by atoms with Gasteiger partial charge in [0.25, 0.3) is 0 Å². The van der Waals surface area contributed by atoms with Crippen molar-refractivity contribution in [3.05, 3.63) is 64.9 Å². The molecule has 0 spiro atoms. The van der Waals surface area contributed by atoms with Gasteiger partial charge in [0.05, 0.1) is 11.0 Å². The smallest absolute Gasteiger partial charge is 0.220 e. The van der Waals surface area contributed by atoms with E-state index in [1.165, 1.54) is 0 Å². The third kappa shape index (κ3) is 4.11. The molecule has 3 rings (SSSR count). The SMILES string of the molecule is O=C(CCc1ccccc1Cl)NCCc1nc2ccccc2[nH]1. The number of fused-ring (bicyclic) bond motifs is 1. The largest absolute Gasteiger partial charge is 0.356 e. The monoisotopic (exact) mass is 327 g/mol. The number of aromatic nitrogens is 2. The highest BCUT2D eigenvalue weighted by Crippen LogP contribution is 2.16. The van der Waals surface area contributed by atoms with Crippen LogP contribution in [0.15, 0.2) is 48.5 Å². The van der Waals surface area contributed by atoms with E-state index in [1.54, 1.807) is 0 Å². The summed E-state index contributed by atoms with van der Waals surface area (Å²) in [7, 11) is 0. The molecule has 0 aliphatic rings. The van der Waals surface area contributed by atoms with E-state index in [4.69, 9.17) is 11.6 Å². The summed E-state index contributed by atoms with van der Waals surface area (Å²) in [4.78, 5) is 19.7. The first-order chi connectivity index (χ1) is 11.2. The first-order valence-electron chi connectivity index (χ1n) is 7.66. The second kappa shape index (κ2) is 7.29. The van der Waals surface area contributed by atoms with Crippen LogP contribution in [0.5, 0.6) is 0 Å². The lowest BCUT2D eigenvalue weighted by Crippen LogP contribution is -2.26. The molecule has 0 saturated heterocycles. The normalized spacial score (nSPS) is 10.8. The van der Waals surface area contributed by atoms with Crippen LogP contribution in [0.1, 0.15) is 17.8 Å². The van der Waals surface area contributed by atoms with Crippen molar-refractivity contribution < 1.29 is 4.79 Å². The Kier molecular flexibility index (Phi) is 4.93. The number of imidazole rings is 1. The molecule has 1 heterocycles. The highest BCUT2D eigenvalue weighted by molar-refractivity contribution is 6.31. The van der Waals surface area contributed by atoms with Gasteiger partial charge in [-0.1, -0.05) is 41.9 Å². The minimum atomic E-state index is 0.0287. The van der Waals surface area contributed by atoms with E-state index in [1.807, 2.05) is 48.5 Å². The fourth-order valence-electron chi connectivity index (χ4n) is 2.48. The molecule has 0 bridgehead atoms. The van der Waals surface area contributed by atoms with E-state index in [9.17, 15) is 4.79 Å². The number of aryl methyl sites for hydroxylation is 1. The second-order valence-electron chi connectivity index (χ2n) is 5.39. The molecule has 5 heteroatoms. The van der Waals surface area contributed by atoms with Crippen molar-refractivity contribution in [2.75, 3.05) is 6.54 Å². The van der Waals surface area contributed by atoms with Crippen LogP contribution in [0.4, 0.5) is 0 Å². The molecule has 0 fully saturated rings. The number of halogens is 1. The fourth-order valence-corrected chi connectivity index (χ4v) is 2.71. The van der Waals surface area contributed by atoms with Gasteiger partial charge in [0.2, 0.25) is 5.91 Å². The summed E-state index contributed by atoms with van der Waals surface area (Å²) in [6.07, 6.45) is 1.77. The number of hydrogen-bond donors (Lipinski definition) is 2. The molecule has 2 N–H and O–H groups in total. The zero-order chi connectivity index (χ0) is 16.1. The van der Waals surface area contributed by atoms with Crippen LogP contribution >= 0.6 is 11.6 Å². The van der Waals surface area contributed by atoms with Crippen molar-refractivity contribution in [2.24, 2.45) is 0 Å². The van der Waals surface area contributed by atoms with E-state index in [0.29, 0.717) is 30.8 Å². The van der Waals surface area contributed by atoms with E-state index in [2.05, 4.69) is 15.3 Å². The third-order valence-corrected chi connectivity index (χ3v) is 4.07. The Morgan fingerprint density at radius 3 is 2.70 bits per heavy atom. The fraction of sp³-hybridized carbons (Fsp3) is 0.222. The molecule has 0 aliphatic carbocycles. The maximum Gasteiger partial charge on any atom is 0.220 e. The van der Waals surface area contributed by atoms with E-state index < -0.39 is 0 Å². The van der Waals surface area contributed by atoms with Crippen LogP contribution in [0.3, 0.4) is 0 Å². The Labute approximate surface area is 139 Å². The zero-order valence-electron chi connectivity index (χ0n) is 12.7. The Hall–Kier alpha value is -2.33. The van der Waals surface area contributed by atoms with Crippen molar-refractivity contribution in [1.29, 1.82) is 0 Å². The molecule has 23 heavy (non-hydrogen) atoms. The minimum Gasteiger partial charge on any atom is -0.356 e. The lowest BCUT2D eigenvalue weighted by molar-refractivity contribution is -0.121. The Morgan fingerprint density at radius 2 is 1.87 bits per heavy atom. The minimum absolute atomic E-state index is 0.0287. The van der Waals surface area contributed by atoms with Gasteiger partial charge < -0.3 is 10.3 Å². The van der Waals surface area contributed by atoms with Crippen molar-refractivity contribution >= 4 is 28.5 Å². The first kappa shape index (κ1) is 15.6. The highest BCUT2D eigenvalue weighted by Gasteiger charge is 2.06. The molecule has 118 valence electrons. The molecule has 1 aromatic heterocycles. The molecule has 4 nitrogen and oxygen atoms in total. The number of para-hydroxylation sites is 2. The van der Waals surface area contributed by atoms with Crippen LogP contribution in [-0.4, -0.2) is 22.4 Å². The summed E-state index contributed by atoms with van der Waals surface area (Å²) in [5.74, 6) is 0.915. The first-order valence-corrected chi connectivity index (χ1v) is 8.04. The van der Waals surface area contributed by atoms with Crippen molar-refractivity contribution in [3.63, 3.8) is 0 Å². The standard InChI is InChI=1S/C18H18ClN3O/c19-14-6-2-1-5-13(14)9-10-18(23)20-12-11-17-21-15-7-3-4-8-16(15)22-17/h1-8H,9-12H2,(H,20,23)(H,21,22). The Morgan fingerprint density at radius 1 is 1.09 bits per heavy atom. The molecular formula is C18H18ClN3O. The van der Waals surface area contributed by atoms with Crippen molar-refractivity contribution in [3.8, 4) is 0 Å². The van der Waals surface area contributed by atoms with Crippen LogP contribution in [0.2, 0.25) is 5.02 Å². The van der Waals surface area contributed by atoms with Crippen LogP contribution in [0, 0.1) is 0 Å². The molecule has 2 aromatic carbocycles. The summed E-state index contributed by atoms with van der Waals surface area (Å²) >= 11 is 6.09. The zero-order valence-corrected chi connectivity index (χ0v) is 13.4. The molecule has 0 unspecified atom stereocenters. The van der Waals surface area contributed by atoms with Crippen molar-refractivity contribution in [1.82, 2.24) is 15.3 Å². The van der Waals surface area contributed by atoms with E-state index >= 15 is 0 Å². The van der Waals surface area contributed by atoms with Gasteiger partial charge in [0.15, 0.2) is 0 Å². The van der Waals surface area contributed by atoms with Gasteiger partial charge in [-0.2, -0.15) is 0 Å². The number of H-pyrrole nitrogens is 1. The number of hydrogen-bond acceptors (Lipinski definition) is 2. The quantitative estimate of drug-likeness (QED) is 0.728. The molecular weight excluding hydrogens is 310 g/mol. The number of carbonyl (C=O) groups excluding carboxylic acids is 1. The number of rotatable bonds is 6. The predicted octanol–water partition coefficient (Wildman–Crippen LogP) is 3.51. The molecule has 1 amide bonds. The van der Waals surface area contributed by atoms with E-state index in [0.717, 1.165) is 22.4 Å². The number of amides is 1. The number of carbonyl (C=O) groups is 1. The molecule has 3 aromatic rings. The summed E-state index contributed by atoms with van der Waals surface area (Å²) in [6.45, 7) is 0.571. The van der Waals surface area contributed by atoms with E-state index in [-0.39, 0.29) is 5.91 Å². The second-order valence-corrected chi connectivity index (χ2v) is 5.80. The van der Waals surface area contributed by atoms with Gasteiger partial charge in [-0.3, -0.25) is 4.79 Å². The maximum atomic E-state index is 11.9. The summed E-state index contributed by atoms with van der Waals surface area (Å²) in [6, 6.07) is 15.5. The molecule has 0 aliphatic heterocycles. The Balaban J connectivity index is 1.45. The van der Waals surface area contributed by atoms with Gasteiger partial charge in [-0.25, -0.2) is 4.98 Å².